The minimum absolute atomic E-state index is 0.311. The lowest BCUT2D eigenvalue weighted by Crippen LogP contribution is -2.38. The molecular formula is C20H24FN3O3. The third kappa shape index (κ3) is 4.81. The molecule has 1 aliphatic heterocycles. The van der Waals surface area contributed by atoms with Crippen molar-refractivity contribution in [2.24, 2.45) is 4.99 Å². The van der Waals surface area contributed by atoms with E-state index in [2.05, 4.69) is 10.3 Å². The lowest BCUT2D eigenvalue weighted by Gasteiger charge is -2.24. The van der Waals surface area contributed by atoms with E-state index in [4.69, 9.17) is 9.47 Å². The number of guanidine groups is 1. The number of fused-ring (bicyclic) bond motifs is 1. The second kappa shape index (κ2) is 8.62. The smallest absolute Gasteiger partial charge is 0.194 e. The van der Waals surface area contributed by atoms with Gasteiger partial charge in [-0.3, -0.25) is 0 Å². The van der Waals surface area contributed by atoms with E-state index in [1.165, 1.54) is 12.1 Å². The molecule has 0 fully saturated rings. The van der Waals surface area contributed by atoms with Gasteiger partial charge in [-0.2, -0.15) is 0 Å². The van der Waals surface area contributed by atoms with Crippen LogP contribution in [0.3, 0.4) is 0 Å². The zero-order valence-corrected chi connectivity index (χ0v) is 15.5. The van der Waals surface area contributed by atoms with Gasteiger partial charge >= 0.3 is 0 Å². The maximum absolute atomic E-state index is 13.5. The third-order valence-corrected chi connectivity index (χ3v) is 4.15. The average molecular weight is 373 g/mol. The van der Waals surface area contributed by atoms with Crippen LogP contribution in [0.1, 0.15) is 18.1 Å². The van der Waals surface area contributed by atoms with Gasteiger partial charge in [0.05, 0.1) is 6.54 Å². The zero-order valence-electron chi connectivity index (χ0n) is 15.5. The van der Waals surface area contributed by atoms with Gasteiger partial charge in [-0.15, -0.1) is 0 Å². The lowest BCUT2D eigenvalue weighted by atomic mass is 10.2. The van der Waals surface area contributed by atoms with Crippen molar-refractivity contribution in [2.45, 2.75) is 20.0 Å². The van der Waals surface area contributed by atoms with Crippen molar-refractivity contribution in [1.82, 2.24) is 10.2 Å². The number of benzene rings is 2. The second-order valence-electron chi connectivity index (χ2n) is 6.29. The van der Waals surface area contributed by atoms with E-state index in [-0.39, 0.29) is 5.75 Å². The Morgan fingerprint density at radius 1 is 1.15 bits per heavy atom. The van der Waals surface area contributed by atoms with Crippen LogP contribution in [-0.4, -0.2) is 42.8 Å². The van der Waals surface area contributed by atoms with Crippen molar-refractivity contribution in [1.29, 1.82) is 0 Å². The summed E-state index contributed by atoms with van der Waals surface area (Å²) in [4.78, 5) is 6.56. The molecule has 144 valence electrons. The molecule has 7 heteroatoms. The van der Waals surface area contributed by atoms with Gasteiger partial charge in [0.15, 0.2) is 29.0 Å². The Kier molecular flexibility index (Phi) is 6.01. The standard InChI is InChI=1S/C20H24FN3O3/c1-3-22-20(23-12-14-4-6-17(25)16(21)10-14)24(2)13-15-5-7-18-19(11-15)27-9-8-26-18/h4-7,10-11,25H,3,8-9,12-13H2,1-2H3,(H,22,23). The number of nitrogens with one attached hydrogen (secondary N) is 1. The Bertz CT molecular complexity index is 826. The number of phenols is 1. The number of rotatable bonds is 5. The Hall–Kier alpha value is -2.96. The summed E-state index contributed by atoms with van der Waals surface area (Å²) in [6.45, 7) is 4.78. The summed E-state index contributed by atoms with van der Waals surface area (Å²) in [7, 11) is 1.94. The van der Waals surface area contributed by atoms with E-state index in [9.17, 15) is 9.50 Å². The predicted octanol–water partition coefficient (Wildman–Crippen LogP) is 2.90. The first kappa shape index (κ1) is 18.8. The van der Waals surface area contributed by atoms with Crippen LogP contribution in [0, 0.1) is 5.82 Å². The number of aromatic hydroxyl groups is 1. The van der Waals surface area contributed by atoms with Crippen LogP contribution >= 0.6 is 0 Å². The van der Waals surface area contributed by atoms with E-state index in [0.29, 0.717) is 44.4 Å². The van der Waals surface area contributed by atoms with E-state index in [1.54, 1.807) is 6.07 Å². The van der Waals surface area contributed by atoms with Gasteiger partial charge in [-0.05, 0) is 42.3 Å². The summed E-state index contributed by atoms with van der Waals surface area (Å²) in [5.41, 5.74) is 1.76. The summed E-state index contributed by atoms with van der Waals surface area (Å²) in [5.74, 6) is 1.24. The number of hydrogen-bond donors (Lipinski definition) is 2. The van der Waals surface area contributed by atoms with Crippen LogP contribution in [0.5, 0.6) is 17.2 Å². The molecule has 0 bridgehead atoms. The Balaban J connectivity index is 1.70. The summed E-state index contributed by atoms with van der Waals surface area (Å²) in [5, 5.41) is 12.5. The molecule has 0 unspecified atom stereocenters. The van der Waals surface area contributed by atoms with E-state index < -0.39 is 5.82 Å². The molecule has 2 aromatic rings. The molecular weight excluding hydrogens is 349 g/mol. The number of nitrogens with zero attached hydrogens (tertiary/aromatic N) is 2. The van der Waals surface area contributed by atoms with Crippen LogP contribution < -0.4 is 14.8 Å². The van der Waals surface area contributed by atoms with Gasteiger partial charge in [-0.25, -0.2) is 9.38 Å². The SMILES string of the molecule is CCNC(=NCc1ccc(O)c(F)c1)N(C)Cc1ccc2c(c1)OCCO2. The van der Waals surface area contributed by atoms with Gasteiger partial charge < -0.3 is 24.8 Å². The predicted molar refractivity (Wildman–Crippen MR) is 102 cm³/mol. The molecule has 0 aliphatic carbocycles. The molecule has 0 saturated carbocycles. The normalized spacial score (nSPS) is 13.4. The van der Waals surface area contributed by atoms with Crippen molar-refractivity contribution >= 4 is 5.96 Å². The van der Waals surface area contributed by atoms with Crippen LogP contribution in [-0.2, 0) is 13.1 Å². The van der Waals surface area contributed by atoms with Gasteiger partial charge in [0.2, 0.25) is 0 Å². The largest absolute Gasteiger partial charge is 0.505 e. The summed E-state index contributed by atoms with van der Waals surface area (Å²) < 4.78 is 24.7. The number of ether oxygens (including phenoxy) is 2. The van der Waals surface area contributed by atoms with Crippen molar-refractivity contribution in [3.8, 4) is 17.2 Å². The maximum Gasteiger partial charge on any atom is 0.194 e. The quantitative estimate of drug-likeness (QED) is 0.623. The molecule has 1 heterocycles. The number of aliphatic imine (C=N–C) groups is 1. The second-order valence-corrected chi connectivity index (χ2v) is 6.29. The molecule has 1 aliphatic rings. The van der Waals surface area contributed by atoms with E-state index in [1.807, 2.05) is 37.1 Å². The van der Waals surface area contributed by atoms with Gasteiger partial charge in [0, 0.05) is 20.1 Å². The summed E-state index contributed by atoms with van der Waals surface area (Å²) in [6.07, 6.45) is 0. The minimum Gasteiger partial charge on any atom is -0.505 e. The molecule has 0 amide bonds. The maximum atomic E-state index is 13.5. The zero-order chi connectivity index (χ0) is 19.2. The fourth-order valence-corrected chi connectivity index (χ4v) is 2.82. The van der Waals surface area contributed by atoms with Crippen LogP contribution in [0.25, 0.3) is 0 Å². The highest BCUT2D eigenvalue weighted by atomic mass is 19.1. The minimum atomic E-state index is -0.641. The summed E-state index contributed by atoms with van der Waals surface area (Å²) >= 11 is 0. The molecule has 0 radical (unpaired) electrons. The molecule has 2 N–H and O–H groups in total. The van der Waals surface area contributed by atoms with E-state index in [0.717, 1.165) is 17.1 Å². The number of hydrogen-bond acceptors (Lipinski definition) is 4. The van der Waals surface area contributed by atoms with Crippen molar-refractivity contribution in [3.63, 3.8) is 0 Å². The summed E-state index contributed by atoms with van der Waals surface area (Å²) in [6, 6.07) is 10.2. The highest BCUT2D eigenvalue weighted by Gasteiger charge is 2.13. The fourth-order valence-electron chi connectivity index (χ4n) is 2.82. The highest BCUT2D eigenvalue weighted by Crippen LogP contribution is 2.31. The van der Waals surface area contributed by atoms with Crippen LogP contribution in [0.2, 0.25) is 0 Å². The van der Waals surface area contributed by atoms with Gasteiger partial charge in [0.1, 0.15) is 13.2 Å². The first-order valence-electron chi connectivity index (χ1n) is 8.92. The van der Waals surface area contributed by atoms with E-state index >= 15 is 0 Å². The molecule has 0 aromatic heterocycles. The van der Waals surface area contributed by atoms with Gasteiger partial charge in [0.25, 0.3) is 0 Å². The monoisotopic (exact) mass is 373 g/mol. The molecule has 0 atom stereocenters. The molecule has 6 nitrogen and oxygen atoms in total. The Morgan fingerprint density at radius 3 is 2.63 bits per heavy atom. The van der Waals surface area contributed by atoms with Crippen molar-refractivity contribution in [2.75, 3.05) is 26.8 Å². The number of halogens is 1. The van der Waals surface area contributed by atoms with Crippen LogP contribution in [0.4, 0.5) is 4.39 Å². The first-order chi connectivity index (χ1) is 13.1. The average Bonchev–Trinajstić information content (AvgIpc) is 2.67. The molecule has 0 spiro atoms. The Labute approximate surface area is 158 Å². The van der Waals surface area contributed by atoms with Crippen molar-refractivity contribution < 1.29 is 19.0 Å². The van der Waals surface area contributed by atoms with Crippen molar-refractivity contribution in [3.05, 3.63) is 53.3 Å². The fraction of sp³-hybridized carbons (Fsp3) is 0.350. The lowest BCUT2D eigenvalue weighted by molar-refractivity contribution is 0.171. The topological polar surface area (TPSA) is 66.3 Å². The van der Waals surface area contributed by atoms with Gasteiger partial charge in [-0.1, -0.05) is 12.1 Å². The first-order valence-corrected chi connectivity index (χ1v) is 8.92. The Morgan fingerprint density at radius 2 is 1.89 bits per heavy atom. The molecule has 2 aromatic carbocycles. The third-order valence-electron chi connectivity index (χ3n) is 4.15. The highest BCUT2D eigenvalue weighted by molar-refractivity contribution is 5.79. The number of phenolic OH excluding ortho intramolecular Hbond substituents is 1. The molecule has 3 rings (SSSR count). The van der Waals surface area contributed by atoms with Crippen LogP contribution in [0.15, 0.2) is 41.4 Å². The molecule has 27 heavy (non-hydrogen) atoms. The molecule has 0 saturated heterocycles.